The lowest BCUT2D eigenvalue weighted by atomic mass is 9.95. The van der Waals surface area contributed by atoms with E-state index in [-0.39, 0.29) is 5.60 Å². The normalized spacial score (nSPS) is 19.0. The van der Waals surface area contributed by atoms with Crippen LogP contribution in [0.5, 0.6) is 11.5 Å². The van der Waals surface area contributed by atoms with Crippen LogP contribution in [0.1, 0.15) is 36.0 Å². The van der Waals surface area contributed by atoms with E-state index in [1.54, 1.807) is 0 Å². The van der Waals surface area contributed by atoms with Crippen LogP contribution in [0.4, 0.5) is 0 Å². The first kappa shape index (κ1) is 24.3. The van der Waals surface area contributed by atoms with Gasteiger partial charge in [0, 0.05) is 26.4 Å². The van der Waals surface area contributed by atoms with Gasteiger partial charge >= 0.3 is 0 Å². The summed E-state index contributed by atoms with van der Waals surface area (Å²) in [6.45, 7) is 9.07. The van der Waals surface area contributed by atoms with Gasteiger partial charge < -0.3 is 14.2 Å². The molecule has 0 radical (unpaired) electrons. The van der Waals surface area contributed by atoms with Crippen molar-refractivity contribution < 1.29 is 14.2 Å². The van der Waals surface area contributed by atoms with Crippen molar-refractivity contribution in [3.8, 4) is 11.5 Å². The van der Waals surface area contributed by atoms with Crippen LogP contribution in [0, 0.1) is 13.8 Å². The molecular formula is C28H37N3O3. The molecule has 2 heterocycles. The molecule has 0 aliphatic carbocycles. The average molecular weight is 464 g/mol. The number of benzene rings is 2. The molecule has 3 aromatic rings. The van der Waals surface area contributed by atoms with Gasteiger partial charge in [-0.25, -0.2) is 0 Å². The highest BCUT2D eigenvalue weighted by Gasteiger charge is 2.33. The number of hydrogen-bond acceptors (Lipinski definition) is 5. The maximum atomic E-state index is 6.12. The number of hydrogen-bond donors (Lipinski definition) is 0. The average Bonchev–Trinajstić information content (AvgIpc) is 3.16. The van der Waals surface area contributed by atoms with E-state index in [2.05, 4.69) is 53.3 Å². The van der Waals surface area contributed by atoms with Gasteiger partial charge in [0.2, 0.25) is 0 Å². The summed E-state index contributed by atoms with van der Waals surface area (Å²) in [6.07, 6.45) is 6.96. The number of ether oxygens (including phenoxy) is 3. The van der Waals surface area contributed by atoms with Gasteiger partial charge in [0.15, 0.2) is 0 Å². The maximum Gasteiger partial charge on any atom is 0.119 e. The van der Waals surface area contributed by atoms with Crippen molar-refractivity contribution in [3.63, 3.8) is 0 Å². The van der Waals surface area contributed by atoms with Crippen molar-refractivity contribution in [2.75, 3.05) is 33.4 Å². The minimum absolute atomic E-state index is 0.232. The fourth-order valence-corrected chi connectivity index (χ4v) is 4.43. The Hall–Kier alpha value is -2.83. The van der Waals surface area contributed by atoms with Gasteiger partial charge in [-0.05, 0) is 75.0 Å². The highest BCUT2D eigenvalue weighted by atomic mass is 16.5. The Labute approximate surface area is 203 Å². The number of likely N-dealkylation sites (tertiary alicyclic amines) is 1. The molecule has 0 unspecified atom stereocenters. The van der Waals surface area contributed by atoms with Crippen LogP contribution in [-0.2, 0) is 17.8 Å². The minimum atomic E-state index is -0.232. The second-order valence-corrected chi connectivity index (χ2v) is 9.39. The van der Waals surface area contributed by atoms with E-state index in [0.29, 0.717) is 13.2 Å². The van der Waals surface area contributed by atoms with Gasteiger partial charge in [0.1, 0.15) is 30.3 Å². The standard InChI is InChI=1S/C28H37N3O3/c1-23-5-9-27(10-6-23)34-22-28(32-3)13-4-15-30(16-14-28)21-25-7-11-26(12-8-25)33-18-17-31-20-24(2)19-29-31/h5-12,19-20H,4,13-18,21-22H2,1-3H3/t28-/m0/s1. The first-order valence-corrected chi connectivity index (χ1v) is 12.2. The molecule has 0 saturated carbocycles. The summed E-state index contributed by atoms with van der Waals surface area (Å²) in [5, 5.41) is 4.29. The van der Waals surface area contributed by atoms with E-state index in [4.69, 9.17) is 14.2 Å². The molecule has 1 saturated heterocycles. The molecular weight excluding hydrogens is 426 g/mol. The maximum absolute atomic E-state index is 6.12. The molecule has 2 aromatic carbocycles. The lowest BCUT2D eigenvalue weighted by molar-refractivity contribution is -0.0541. The minimum Gasteiger partial charge on any atom is -0.492 e. The second-order valence-electron chi connectivity index (χ2n) is 9.39. The van der Waals surface area contributed by atoms with Gasteiger partial charge in [-0.2, -0.15) is 5.10 Å². The zero-order valence-corrected chi connectivity index (χ0v) is 20.7. The van der Waals surface area contributed by atoms with Crippen LogP contribution in [0.15, 0.2) is 60.9 Å². The van der Waals surface area contributed by atoms with Crippen LogP contribution in [0.3, 0.4) is 0 Å². The largest absolute Gasteiger partial charge is 0.492 e. The Kier molecular flexibility index (Phi) is 8.25. The zero-order valence-electron chi connectivity index (χ0n) is 20.7. The van der Waals surface area contributed by atoms with E-state index >= 15 is 0 Å². The predicted molar refractivity (Wildman–Crippen MR) is 134 cm³/mol. The summed E-state index contributed by atoms with van der Waals surface area (Å²) in [6, 6.07) is 16.7. The third-order valence-corrected chi connectivity index (χ3v) is 6.63. The summed E-state index contributed by atoms with van der Waals surface area (Å²) in [5.74, 6) is 1.81. The monoisotopic (exact) mass is 463 g/mol. The van der Waals surface area contributed by atoms with Crippen LogP contribution < -0.4 is 9.47 Å². The van der Waals surface area contributed by atoms with Crippen molar-refractivity contribution in [3.05, 3.63) is 77.6 Å². The molecule has 6 heteroatoms. The summed E-state index contributed by atoms with van der Waals surface area (Å²) in [4.78, 5) is 2.52. The van der Waals surface area contributed by atoms with Crippen LogP contribution in [-0.4, -0.2) is 53.7 Å². The van der Waals surface area contributed by atoms with Crippen LogP contribution >= 0.6 is 0 Å². The van der Waals surface area contributed by atoms with Gasteiger partial charge in [-0.3, -0.25) is 9.58 Å². The fourth-order valence-electron chi connectivity index (χ4n) is 4.43. The molecule has 1 aliphatic heterocycles. The third kappa shape index (κ3) is 6.84. The van der Waals surface area contributed by atoms with Crippen molar-refractivity contribution >= 4 is 0 Å². The van der Waals surface area contributed by atoms with Gasteiger partial charge in [-0.1, -0.05) is 29.8 Å². The molecule has 4 rings (SSSR count). The number of nitrogens with zero attached hydrogens (tertiary/aromatic N) is 3. The molecule has 1 atom stereocenters. The lowest BCUT2D eigenvalue weighted by Gasteiger charge is -2.31. The van der Waals surface area contributed by atoms with Crippen molar-refractivity contribution in [2.24, 2.45) is 0 Å². The fraction of sp³-hybridized carbons (Fsp3) is 0.464. The van der Waals surface area contributed by atoms with E-state index in [9.17, 15) is 0 Å². The number of aryl methyl sites for hydroxylation is 2. The summed E-state index contributed by atoms with van der Waals surface area (Å²) in [7, 11) is 1.82. The van der Waals surface area contributed by atoms with Crippen molar-refractivity contribution in [1.82, 2.24) is 14.7 Å². The molecule has 1 aliphatic rings. The Morgan fingerprint density at radius 1 is 0.882 bits per heavy atom. The molecule has 6 nitrogen and oxygen atoms in total. The SMILES string of the molecule is CO[C@@]1(COc2ccc(C)cc2)CCCN(Cc2ccc(OCCn3cc(C)cn3)cc2)CC1. The summed E-state index contributed by atoms with van der Waals surface area (Å²) < 4.78 is 19.9. The first-order valence-electron chi connectivity index (χ1n) is 12.2. The first-order chi connectivity index (χ1) is 16.5. The second kappa shape index (κ2) is 11.5. The summed E-state index contributed by atoms with van der Waals surface area (Å²) >= 11 is 0. The van der Waals surface area contributed by atoms with E-state index in [1.807, 2.05) is 43.2 Å². The van der Waals surface area contributed by atoms with Crippen molar-refractivity contribution in [2.45, 2.75) is 51.8 Å². The van der Waals surface area contributed by atoms with Gasteiger partial charge in [0.25, 0.3) is 0 Å². The van der Waals surface area contributed by atoms with Gasteiger partial charge in [-0.15, -0.1) is 0 Å². The highest BCUT2D eigenvalue weighted by Crippen LogP contribution is 2.28. The van der Waals surface area contributed by atoms with E-state index in [1.165, 1.54) is 16.7 Å². The molecule has 0 bridgehead atoms. The molecule has 34 heavy (non-hydrogen) atoms. The number of rotatable bonds is 10. The Bertz CT molecular complexity index is 1020. The van der Waals surface area contributed by atoms with Crippen molar-refractivity contribution in [1.29, 1.82) is 0 Å². The van der Waals surface area contributed by atoms with Crippen LogP contribution in [0.2, 0.25) is 0 Å². The zero-order chi connectivity index (χ0) is 23.8. The third-order valence-electron chi connectivity index (χ3n) is 6.63. The number of methoxy groups -OCH3 is 1. The van der Waals surface area contributed by atoms with E-state index < -0.39 is 0 Å². The molecule has 0 amide bonds. The molecule has 182 valence electrons. The topological polar surface area (TPSA) is 48.8 Å². The Morgan fingerprint density at radius 2 is 1.62 bits per heavy atom. The summed E-state index contributed by atoms with van der Waals surface area (Å²) in [5.41, 5.74) is 3.47. The predicted octanol–water partition coefficient (Wildman–Crippen LogP) is 5.03. The lowest BCUT2D eigenvalue weighted by Crippen LogP contribution is -2.39. The van der Waals surface area contributed by atoms with E-state index in [0.717, 1.165) is 56.9 Å². The molecule has 0 N–H and O–H groups in total. The number of aromatic nitrogens is 2. The molecule has 1 fully saturated rings. The smallest absolute Gasteiger partial charge is 0.119 e. The highest BCUT2D eigenvalue weighted by molar-refractivity contribution is 5.27. The van der Waals surface area contributed by atoms with Crippen LogP contribution in [0.25, 0.3) is 0 Å². The Morgan fingerprint density at radius 3 is 2.32 bits per heavy atom. The molecule has 1 aromatic heterocycles. The quantitative estimate of drug-likeness (QED) is 0.422. The van der Waals surface area contributed by atoms with Gasteiger partial charge in [0.05, 0.1) is 12.7 Å². The Balaban J connectivity index is 1.24. The molecule has 0 spiro atoms.